The molecule has 0 fully saturated rings. The smallest absolute Gasteiger partial charge is 0.234 e. The summed E-state index contributed by atoms with van der Waals surface area (Å²) in [6.07, 6.45) is 0.0364. The highest BCUT2D eigenvalue weighted by Crippen LogP contribution is 2.39. The van der Waals surface area contributed by atoms with Gasteiger partial charge in [-0.05, 0) is 53.4 Å². The highest BCUT2D eigenvalue weighted by Gasteiger charge is 2.21. The molecule has 0 bridgehead atoms. The molecule has 5 nitrogen and oxygen atoms in total. The zero-order valence-electron chi connectivity index (χ0n) is 12.2. The zero-order chi connectivity index (χ0) is 16.6. The van der Waals surface area contributed by atoms with Crippen molar-refractivity contribution in [2.24, 2.45) is 11.5 Å². The number of carbonyl (C=O) groups excluding carboxylic acids is 1. The number of carbonyl (C=O) groups is 1. The highest BCUT2D eigenvalue weighted by molar-refractivity contribution is 5.80. The number of hydrogen-bond donors (Lipinski definition) is 2. The van der Waals surface area contributed by atoms with Gasteiger partial charge in [0, 0.05) is 5.56 Å². The molecule has 6 heteroatoms. The Bertz CT molecular complexity index is 842. The summed E-state index contributed by atoms with van der Waals surface area (Å²) in [4.78, 5) is 11.1. The molecule has 23 heavy (non-hydrogen) atoms. The van der Waals surface area contributed by atoms with Crippen LogP contribution in [0.5, 0.6) is 5.75 Å². The lowest BCUT2D eigenvalue weighted by Gasteiger charge is -2.22. The maximum atomic E-state index is 14.3. The van der Waals surface area contributed by atoms with Crippen LogP contribution in [0.1, 0.15) is 16.7 Å². The summed E-state index contributed by atoms with van der Waals surface area (Å²) in [7, 11) is 0. The number of nitrogens with zero attached hydrogens (tertiary/aromatic N) is 1. The van der Waals surface area contributed by atoms with E-state index in [9.17, 15) is 9.18 Å². The molecule has 4 N–H and O–H groups in total. The first-order valence-corrected chi connectivity index (χ1v) is 7.03. The van der Waals surface area contributed by atoms with Crippen LogP contribution in [0, 0.1) is 17.1 Å². The van der Waals surface area contributed by atoms with E-state index < -0.39 is 17.8 Å². The number of primary amides is 1. The van der Waals surface area contributed by atoms with E-state index in [0.717, 1.165) is 11.1 Å². The fourth-order valence-electron chi connectivity index (χ4n) is 2.62. The number of hydrogen-bond acceptors (Lipinski definition) is 4. The third-order valence-electron chi connectivity index (χ3n) is 3.86. The van der Waals surface area contributed by atoms with Crippen LogP contribution in [0.3, 0.4) is 0 Å². The van der Waals surface area contributed by atoms with E-state index in [1.165, 1.54) is 6.07 Å². The summed E-state index contributed by atoms with van der Waals surface area (Å²) in [6, 6.07) is 9.19. The van der Waals surface area contributed by atoms with E-state index in [1.54, 1.807) is 24.3 Å². The Morgan fingerprint density at radius 1 is 1.35 bits per heavy atom. The average Bonchev–Trinajstić information content (AvgIpc) is 2.54. The van der Waals surface area contributed by atoms with Crippen molar-refractivity contribution in [2.45, 2.75) is 19.1 Å². The van der Waals surface area contributed by atoms with Crippen molar-refractivity contribution >= 4 is 5.91 Å². The molecule has 116 valence electrons. The van der Waals surface area contributed by atoms with Crippen molar-refractivity contribution in [3.8, 4) is 22.9 Å². The van der Waals surface area contributed by atoms with Crippen molar-refractivity contribution in [2.75, 3.05) is 0 Å². The van der Waals surface area contributed by atoms with Crippen LogP contribution in [-0.2, 0) is 17.8 Å². The van der Waals surface area contributed by atoms with Gasteiger partial charge >= 0.3 is 0 Å². The van der Waals surface area contributed by atoms with Gasteiger partial charge in [-0.15, -0.1) is 0 Å². The number of rotatable bonds is 3. The second-order valence-corrected chi connectivity index (χ2v) is 5.43. The minimum atomic E-state index is -0.933. The summed E-state index contributed by atoms with van der Waals surface area (Å²) in [6.45, 7) is 0.260. The number of amides is 1. The van der Waals surface area contributed by atoms with Crippen LogP contribution in [0.25, 0.3) is 11.1 Å². The second kappa shape index (κ2) is 5.71. The third-order valence-corrected chi connectivity index (χ3v) is 3.86. The molecule has 1 heterocycles. The van der Waals surface area contributed by atoms with E-state index in [2.05, 4.69) is 0 Å². The molecule has 1 aliphatic rings. The van der Waals surface area contributed by atoms with Crippen molar-refractivity contribution in [3.05, 3.63) is 52.8 Å². The van der Waals surface area contributed by atoms with E-state index in [4.69, 9.17) is 21.5 Å². The standard InChI is InChI=1S/C17H14FN3O2/c18-14-6-13-11(4-10(14)5-15(20)17(21)22)8-23-16-3-9(7-19)1-2-12(13)16/h1-4,6,15H,5,8,20H2,(H2,21,22)/t15-/m0/s1. The lowest BCUT2D eigenvalue weighted by atomic mass is 9.92. The Balaban J connectivity index is 2.02. The topological polar surface area (TPSA) is 102 Å². The van der Waals surface area contributed by atoms with Gasteiger partial charge in [0.05, 0.1) is 17.7 Å². The minimum absolute atomic E-state index is 0.0364. The monoisotopic (exact) mass is 311 g/mol. The van der Waals surface area contributed by atoms with Gasteiger partial charge in [0.25, 0.3) is 0 Å². The molecule has 1 aliphatic heterocycles. The number of benzene rings is 2. The molecule has 1 amide bonds. The Morgan fingerprint density at radius 3 is 2.83 bits per heavy atom. The maximum Gasteiger partial charge on any atom is 0.234 e. The predicted molar refractivity (Wildman–Crippen MR) is 81.8 cm³/mol. The van der Waals surface area contributed by atoms with Crippen molar-refractivity contribution in [3.63, 3.8) is 0 Å². The summed E-state index contributed by atoms with van der Waals surface area (Å²) in [5.74, 6) is -0.567. The summed E-state index contributed by atoms with van der Waals surface area (Å²) in [5, 5.41) is 8.93. The van der Waals surface area contributed by atoms with E-state index in [0.29, 0.717) is 22.4 Å². The van der Waals surface area contributed by atoms with Crippen LogP contribution >= 0.6 is 0 Å². The van der Waals surface area contributed by atoms with Gasteiger partial charge in [-0.1, -0.05) is 0 Å². The number of ether oxygens (including phenoxy) is 1. The highest BCUT2D eigenvalue weighted by atomic mass is 19.1. The summed E-state index contributed by atoms with van der Waals surface area (Å²) >= 11 is 0. The summed E-state index contributed by atoms with van der Waals surface area (Å²) in [5.41, 5.74) is 13.8. The van der Waals surface area contributed by atoms with E-state index in [-0.39, 0.29) is 13.0 Å². The van der Waals surface area contributed by atoms with Crippen LogP contribution in [-0.4, -0.2) is 11.9 Å². The first-order chi connectivity index (χ1) is 11.0. The van der Waals surface area contributed by atoms with Gasteiger partial charge in [0.2, 0.25) is 5.91 Å². The second-order valence-electron chi connectivity index (χ2n) is 5.43. The van der Waals surface area contributed by atoms with Crippen LogP contribution in [0.2, 0.25) is 0 Å². The zero-order valence-corrected chi connectivity index (χ0v) is 12.2. The van der Waals surface area contributed by atoms with Crippen LogP contribution in [0.15, 0.2) is 30.3 Å². The first kappa shape index (κ1) is 15.0. The molecule has 0 radical (unpaired) electrons. The van der Waals surface area contributed by atoms with Gasteiger partial charge in [0.1, 0.15) is 18.2 Å². The van der Waals surface area contributed by atoms with Gasteiger partial charge in [0.15, 0.2) is 0 Å². The first-order valence-electron chi connectivity index (χ1n) is 7.03. The Morgan fingerprint density at radius 2 is 2.13 bits per heavy atom. The number of nitriles is 1. The predicted octanol–water partition coefficient (Wildman–Crippen LogP) is 1.61. The number of fused-ring (bicyclic) bond motifs is 3. The van der Waals surface area contributed by atoms with E-state index >= 15 is 0 Å². The fraction of sp³-hybridized carbons (Fsp3) is 0.176. The quantitative estimate of drug-likeness (QED) is 0.899. The Kier molecular flexibility index (Phi) is 3.72. The minimum Gasteiger partial charge on any atom is -0.488 e. The molecular weight excluding hydrogens is 297 g/mol. The lowest BCUT2D eigenvalue weighted by molar-refractivity contribution is -0.119. The van der Waals surface area contributed by atoms with Gasteiger partial charge < -0.3 is 16.2 Å². The lowest BCUT2D eigenvalue weighted by Crippen LogP contribution is -2.38. The van der Waals surface area contributed by atoms with Gasteiger partial charge in [-0.2, -0.15) is 5.26 Å². The Hall–Kier alpha value is -2.91. The molecule has 0 unspecified atom stereocenters. The summed E-state index contributed by atoms with van der Waals surface area (Å²) < 4.78 is 20.0. The van der Waals surface area contributed by atoms with Crippen molar-refractivity contribution in [1.82, 2.24) is 0 Å². The Labute approximate surface area is 132 Å². The third kappa shape index (κ3) is 2.74. The largest absolute Gasteiger partial charge is 0.488 e. The van der Waals surface area contributed by atoms with Crippen LogP contribution < -0.4 is 16.2 Å². The number of halogens is 1. The number of nitrogens with two attached hydrogens (primary N) is 2. The SMILES string of the molecule is N#Cc1ccc2c(c1)OCc1cc(C[C@H](N)C(N)=O)c(F)cc1-2. The van der Waals surface area contributed by atoms with Crippen molar-refractivity contribution in [1.29, 1.82) is 5.26 Å². The van der Waals surface area contributed by atoms with Crippen LogP contribution in [0.4, 0.5) is 4.39 Å². The molecular formula is C17H14FN3O2. The molecule has 0 saturated heterocycles. The molecule has 2 aromatic rings. The maximum absolute atomic E-state index is 14.3. The molecule has 0 saturated carbocycles. The van der Waals surface area contributed by atoms with Gasteiger partial charge in [-0.3, -0.25) is 4.79 Å². The fourth-order valence-corrected chi connectivity index (χ4v) is 2.62. The average molecular weight is 311 g/mol. The van der Waals surface area contributed by atoms with E-state index in [1.807, 2.05) is 6.07 Å². The molecule has 3 rings (SSSR count). The molecule has 0 aromatic heterocycles. The molecule has 0 aliphatic carbocycles. The molecule has 0 spiro atoms. The van der Waals surface area contributed by atoms with Crippen molar-refractivity contribution < 1.29 is 13.9 Å². The normalized spacial score (nSPS) is 13.3. The molecule has 1 atom stereocenters. The molecule has 2 aromatic carbocycles. The van der Waals surface area contributed by atoms with Gasteiger partial charge in [-0.25, -0.2) is 4.39 Å².